The van der Waals surface area contributed by atoms with Gasteiger partial charge >= 0.3 is 5.97 Å². The van der Waals surface area contributed by atoms with Crippen LogP contribution in [-0.2, 0) is 9.53 Å². The number of imide groups is 1. The molecule has 3 rings (SSSR count). The minimum Gasteiger partial charge on any atom is -0.482 e. The highest BCUT2D eigenvalue weighted by atomic mass is 16.6. The van der Waals surface area contributed by atoms with Crippen LogP contribution in [0.1, 0.15) is 31.1 Å². The van der Waals surface area contributed by atoms with Gasteiger partial charge in [-0.3, -0.25) is 14.4 Å². The van der Waals surface area contributed by atoms with Crippen LogP contribution in [0.25, 0.3) is 0 Å². The summed E-state index contributed by atoms with van der Waals surface area (Å²) < 4.78 is 10.1. The second-order valence-corrected chi connectivity index (χ2v) is 5.20. The van der Waals surface area contributed by atoms with Crippen molar-refractivity contribution in [3.05, 3.63) is 65.2 Å². The maximum atomic E-state index is 12.1. The zero-order chi connectivity index (χ0) is 17.8. The van der Waals surface area contributed by atoms with Gasteiger partial charge in [0.05, 0.1) is 11.1 Å². The Morgan fingerprint density at radius 3 is 2.12 bits per heavy atom. The molecule has 0 unspecified atom stereocenters. The molecule has 7 nitrogen and oxygen atoms in total. The lowest BCUT2D eigenvalue weighted by atomic mass is 10.1. The fourth-order valence-corrected chi connectivity index (χ4v) is 2.32. The normalized spacial score (nSPS) is 12.7. The van der Waals surface area contributed by atoms with Crippen molar-refractivity contribution in [1.29, 1.82) is 0 Å². The Bertz CT molecular complexity index is 808. The van der Waals surface area contributed by atoms with Crippen LogP contribution in [0.4, 0.5) is 0 Å². The molecule has 0 atom stereocenters. The van der Waals surface area contributed by atoms with Gasteiger partial charge in [0.25, 0.3) is 11.8 Å². The van der Waals surface area contributed by atoms with Crippen molar-refractivity contribution in [2.24, 2.45) is 0 Å². The summed E-state index contributed by atoms with van der Waals surface area (Å²) in [4.78, 5) is 47.4. The molecule has 0 N–H and O–H groups in total. The number of benzene rings is 2. The SMILES string of the molecule is O=Cc1ccc(OCC(=O)OCN2C(=O)c3ccccc3C2=O)cc1. The number of aldehydes is 1. The summed E-state index contributed by atoms with van der Waals surface area (Å²) in [5.41, 5.74) is 1.06. The van der Waals surface area contributed by atoms with Crippen molar-refractivity contribution >= 4 is 24.1 Å². The van der Waals surface area contributed by atoms with E-state index in [2.05, 4.69) is 0 Å². The Hall–Kier alpha value is -3.48. The molecule has 2 amide bonds. The van der Waals surface area contributed by atoms with Crippen LogP contribution >= 0.6 is 0 Å². The molecule has 25 heavy (non-hydrogen) atoms. The van der Waals surface area contributed by atoms with Crippen LogP contribution in [0.3, 0.4) is 0 Å². The molecule has 0 aromatic heterocycles. The predicted molar refractivity (Wildman–Crippen MR) is 85.2 cm³/mol. The van der Waals surface area contributed by atoms with Gasteiger partial charge in [-0.2, -0.15) is 0 Å². The van der Waals surface area contributed by atoms with Gasteiger partial charge in [0.1, 0.15) is 12.0 Å². The number of amides is 2. The Balaban J connectivity index is 1.52. The highest BCUT2D eigenvalue weighted by molar-refractivity contribution is 6.21. The summed E-state index contributed by atoms with van der Waals surface area (Å²) in [5.74, 6) is -1.34. The molecular formula is C18H13NO6. The van der Waals surface area contributed by atoms with Gasteiger partial charge < -0.3 is 9.47 Å². The Morgan fingerprint density at radius 1 is 0.960 bits per heavy atom. The van der Waals surface area contributed by atoms with Gasteiger partial charge in [-0.15, -0.1) is 0 Å². The van der Waals surface area contributed by atoms with E-state index in [1.807, 2.05) is 0 Å². The zero-order valence-electron chi connectivity index (χ0n) is 13.0. The first-order valence-electron chi connectivity index (χ1n) is 7.39. The van der Waals surface area contributed by atoms with Gasteiger partial charge in [-0.1, -0.05) is 12.1 Å². The fraction of sp³-hybridized carbons (Fsp3) is 0.111. The number of ether oxygens (including phenoxy) is 2. The monoisotopic (exact) mass is 339 g/mol. The number of nitrogens with zero attached hydrogens (tertiary/aromatic N) is 1. The highest BCUT2D eigenvalue weighted by Crippen LogP contribution is 2.22. The number of fused-ring (bicyclic) bond motifs is 1. The first-order valence-corrected chi connectivity index (χ1v) is 7.39. The van der Waals surface area contributed by atoms with E-state index in [1.54, 1.807) is 48.5 Å². The molecule has 1 aliphatic heterocycles. The minimum absolute atomic E-state index is 0.287. The van der Waals surface area contributed by atoms with E-state index in [9.17, 15) is 19.2 Å². The maximum absolute atomic E-state index is 12.1. The summed E-state index contributed by atoms with van der Waals surface area (Å²) in [6, 6.07) is 12.6. The fourth-order valence-electron chi connectivity index (χ4n) is 2.32. The van der Waals surface area contributed by atoms with Crippen LogP contribution in [0, 0.1) is 0 Å². The molecule has 0 spiro atoms. The first-order chi connectivity index (χ1) is 12.1. The van der Waals surface area contributed by atoms with E-state index < -0.39 is 24.5 Å². The number of carbonyl (C=O) groups is 4. The standard InChI is InChI=1S/C18H13NO6/c20-9-12-5-7-13(8-6-12)24-10-16(21)25-11-19-17(22)14-3-1-2-4-15(14)18(19)23/h1-9H,10-11H2. The van der Waals surface area contributed by atoms with Crippen molar-refractivity contribution in [2.75, 3.05) is 13.3 Å². The highest BCUT2D eigenvalue weighted by Gasteiger charge is 2.35. The summed E-state index contributed by atoms with van der Waals surface area (Å²) in [6.07, 6.45) is 0.695. The van der Waals surface area contributed by atoms with Crippen molar-refractivity contribution < 1.29 is 28.7 Å². The number of carbonyl (C=O) groups excluding carboxylic acids is 4. The maximum Gasteiger partial charge on any atom is 0.345 e. The average Bonchev–Trinajstić information content (AvgIpc) is 2.89. The summed E-state index contributed by atoms with van der Waals surface area (Å²) in [5, 5.41) is 0. The van der Waals surface area contributed by atoms with E-state index in [0.29, 0.717) is 17.6 Å². The van der Waals surface area contributed by atoms with Crippen molar-refractivity contribution in [3.8, 4) is 5.75 Å². The molecule has 2 aromatic rings. The Morgan fingerprint density at radius 2 is 1.56 bits per heavy atom. The molecule has 0 fully saturated rings. The third kappa shape index (κ3) is 3.40. The van der Waals surface area contributed by atoms with E-state index in [0.717, 1.165) is 4.90 Å². The molecule has 0 saturated carbocycles. The van der Waals surface area contributed by atoms with E-state index in [1.165, 1.54) is 0 Å². The van der Waals surface area contributed by atoms with Gasteiger partial charge in [0.15, 0.2) is 13.3 Å². The van der Waals surface area contributed by atoms with E-state index in [4.69, 9.17) is 9.47 Å². The summed E-state index contributed by atoms with van der Waals surface area (Å²) >= 11 is 0. The molecule has 2 aromatic carbocycles. The molecule has 126 valence electrons. The molecule has 1 aliphatic rings. The lowest BCUT2D eigenvalue weighted by Gasteiger charge is -2.14. The lowest BCUT2D eigenvalue weighted by Crippen LogP contribution is -2.34. The van der Waals surface area contributed by atoms with Crippen LogP contribution in [0.5, 0.6) is 5.75 Å². The van der Waals surface area contributed by atoms with Crippen LogP contribution in [0.2, 0.25) is 0 Å². The Kier molecular flexibility index (Phi) is 4.56. The average molecular weight is 339 g/mol. The molecule has 0 saturated heterocycles. The third-order valence-electron chi connectivity index (χ3n) is 3.61. The van der Waals surface area contributed by atoms with Gasteiger partial charge in [0, 0.05) is 5.56 Å². The van der Waals surface area contributed by atoms with Crippen molar-refractivity contribution in [2.45, 2.75) is 0 Å². The second kappa shape index (κ2) is 6.96. The number of hydrogen-bond acceptors (Lipinski definition) is 6. The molecule has 0 bridgehead atoms. The van der Waals surface area contributed by atoms with E-state index >= 15 is 0 Å². The molecule has 7 heteroatoms. The van der Waals surface area contributed by atoms with Gasteiger partial charge in [-0.05, 0) is 36.4 Å². The van der Waals surface area contributed by atoms with Crippen molar-refractivity contribution in [1.82, 2.24) is 4.90 Å². The van der Waals surface area contributed by atoms with Crippen LogP contribution < -0.4 is 4.74 Å². The third-order valence-corrected chi connectivity index (χ3v) is 3.61. The number of rotatable bonds is 6. The van der Waals surface area contributed by atoms with Crippen molar-refractivity contribution in [3.63, 3.8) is 0 Å². The first kappa shape index (κ1) is 16.4. The quantitative estimate of drug-likeness (QED) is 0.452. The Labute approximate surface area is 142 Å². The van der Waals surface area contributed by atoms with Crippen LogP contribution in [0.15, 0.2) is 48.5 Å². The molecule has 0 aliphatic carbocycles. The number of esters is 1. The van der Waals surface area contributed by atoms with E-state index in [-0.39, 0.29) is 17.7 Å². The smallest absolute Gasteiger partial charge is 0.345 e. The topological polar surface area (TPSA) is 90.0 Å². The summed E-state index contributed by atoms with van der Waals surface area (Å²) in [6.45, 7) is -0.859. The lowest BCUT2D eigenvalue weighted by molar-refractivity contribution is -0.148. The van der Waals surface area contributed by atoms with Crippen LogP contribution in [-0.4, -0.2) is 42.3 Å². The minimum atomic E-state index is -0.726. The molecular weight excluding hydrogens is 326 g/mol. The zero-order valence-corrected chi connectivity index (χ0v) is 13.0. The predicted octanol–water partition coefficient (Wildman–Crippen LogP) is 1.67. The van der Waals surface area contributed by atoms with Gasteiger partial charge in [0.2, 0.25) is 0 Å². The largest absolute Gasteiger partial charge is 0.482 e. The molecule has 1 heterocycles. The van der Waals surface area contributed by atoms with Gasteiger partial charge in [-0.25, -0.2) is 9.69 Å². The summed E-state index contributed by atoms with van der Waals surface area (Å²) in [7, 11) is 0. The number of hydrogen-bond donors (Lipinski definition) is 0. The second-order valence-electron chi connectivity index (χ2n) is 5.20. The molecule has 0 radical (unpaired) electrons.